The summed E-state index contributed by atoms with van der Waals surface area (Å²) in [5.74, 6) is -1.65. The maximum absolute atomic E-state index is 13.9. The van der Waals surface area contributed by atoms with Gasteiger partial charge in [0.05, 0.1) is 25.4 Å². The van der Waals surface area contributed by atoms with Crippen LogP contribution >= 0.6 is 0 Å². The van der Waals surface area contributed by atoms with Crippen LogP contribution in [0.3, 0.4) is 0 Å². The molecule has 224 valence electrons. The minimum absolute atomic E-state index is 0.0739. The Hall–Kier alpha value is -4.02. The van der Waals surface area contributed by atoms with Crippen molar-refractivity contribution in [1.82, 2.24) is 4.90 Å². The molecule has 0 aromatic heterocycles. The van der Waals surface area contributed by atoms with Crippen LogP contribution in [0.4, 0.5) is 17.1 Å². The minimum Gasteiger partial charge on any atom is -0.469 e. The van der Waals surface area contributed by atoms with E-state index in [1.165, 1.54) is 16.9 Å². The van der Waals surface area contributed by atoms with E-state index < -0.39 is 17.4 Å². The molecule has 2 N–H and O–H groups in total. The van der Waals surface area contributed by atoms with E-state index in [2.05, 4.69) is 0 Å². The molecule has 0 unspecified atom stereocenters. The Morgan fingerprint density at radius 2 is 1.93 bits per heavy atom. The number of rotatable bonds is 13. The Morgan fingerprint density at radius 3 is 2.62 bits per heavy atom. The maximum atomic E-state index is 13.9. The zero-order chi connectivity index (χ0) is 30.3. The van der Waals surface area contributed by atoms with Crippen LogP contribution in [0, 0.1) is 5.92 Å². The molecular formula is C32H39N3O7. The maximum Gasteiger partial charge on any atom is 0.305 e. The normalized spacial score (nSPS) is 20.6. The monoisotopic (exact) mass is 577 g/mol. The van der Waals surface area contributed by atoms with Crippen LogP contribution in [0.1, 0.15) is 51.0 Å². The zero-order valence-electron chi connectivity index (χ0n) is 24.1. The van der Waals surface area contributed by atoms with E-state index in [0.717, 1.165) is 12.8 Å². The van der Waals surface area contributed by atoms with E-state index in [9.17, 15) is 29.4 Å². The second-order valence-corrected chi connectivity index (χ2v) is 10.8. The number of unbranched alkanes of at least 4 members (excludes halogenated alkanes) is 1. The van der Waals surface area contributed by atoms with Crippen molar-refractivity contribution in [1.29, 1.82) is 0 Å². The van der Waals surface area contributed by atoms with E-state index in [1.54, 1.807) is 54.3 Å². The zero-order valence-corrected chi connectivity index (χ0v) is 24.1. The number of anilines is 3. The third-order valence-corrected chi connectivity index (χ3v) is 8.20. The van der Waals surface area contributed by atoms with Crippen molar-refractivity contribution < 1.29 is 34.1 Å². The Balaban J connectivity index is 1.61. The lowest BCUT2D eigenvalue weighted by atomic mass is 9.82. The molecule has 0 saturated carbocycles. The molecule has 1 fully saturated rings. The van der Waals surface area contributed by atoms with Gasteiger partial charge in [0.1, 0.15) is 0 Å². The number of likely N-dealkylation sites (tertiary alicyclic amines) is 1. The number of nitrogens with zero attached hydrogens (tertiary/aromatic N) is 3. The van der Waals surface area contributed by atoms with Gasteiger partial charge in [0.25, 0.3) is 5.91 Å². The summed E-state index contributed by atoms with van der Waals surface area (Å²) in [6, 6.07) is 14.0. The van der Waals surface area contributed by atoms with Gasteiger partial charge in [-0.3, -0.25) is 24.1 Å². The quantitative estimate of drug-likeness (QED) is 0.162. The molecule has 0 bridgehead atoms. The summed E-state index contributed by atoms with van der Waals surface area (Å²) in [5, 5.41) is 21.6. The second-order valence-electron chi connectivity index (χ2n) is 10.8. The summed E-state index contributed by atoms with van der Waals surface area (Å²) in [4.78, 5) is 55.0. The van der Waals surface area contributed by atoms with E-state index in [1.807, 2.05) is 18.2 Å². The Bertz CT molecular complexity index is 1310. The molecule has 0 spiro atoms. The first-order chi connectivity index (χ1) is 20.3. The third kappa shape index (κ3) is 6.24. The van der Waals surface area contributed by atoms with Gasteiger partial charge in [0.2, 0.25) is 12.3 Å². The average Bonchev–Trinajstić information content (AvgIpc) is 3.57. The number of para-hydroxylation sites is 1. The molecule has 10 nitrogen and oxygen atoms in total. The molecule has 2 aliphatic heterocycles. The van der Waals surface area contributed by atoms with Gasteiger partial charge in [-0.25, -0.2) is 0 Å². The molecule has 0 radical (unpaired) electrons. The molecule has 2 aromatic rings. The summed E-state index contributed by atoms with van der Waals surface area (Å²) in [5.41, 5.74) is 0.0740. The Kier molecular flexibility index (Phi) is 10.1. The molecule has 10 heteroatoms. The molecule has 2 heterocycles. The predicted molar refractivity (Wildman–Crippen MR) is 158 cm³/mol. The highest BCUT2D eigenvalue weighted by molar-refractivity contribution is 6.08. The molecule has 3 amide bonds. The number of amides is 3. The predicted octanol–water partition coefficient (Wildman–Crippen LogP) is 3.42. The van der Waals surface area contributed by atoms with Crippen LogP contribution in [0.15, 0.2) is 60.7 Å². The number of aliphatic hydroxyl groups excluding tert-OH is 1. The third-order valence-electron chi connectivity index (χ3n) is 8.20. The highest BCUT2D eigenvalue weighted by Crippen LogP contribution is 2.47. The van der Waals surface area contributed by atoms with Crippen molar-refractivity contribution >= 4 is 41.3 Å². The topological polar surface area (TPSA) is 128 Å². The SMILES string of the molecule is COC(=O)CCCCN1C(=O)[C@](O)([C@H](C)/C=C/CC(=O)N2CCC[C@H]2CO)c2cc(N(C=O)c3ccccc3)ccc21. The molecule has 3 atom stereocenters. The van der Waals surface area contributed by atoms with E-state index in [4.69, 9.17) is 4.74 Å². The lowest BCUT2D eigenvalue weighted by Crippen LogP contribution is -2.44. The van der Waals surface area contributed by atoms with Crippen molar-refractivity contribution in [2.24, 2.45) is 5.92 Å². The van der Waals surface area contributed by atoms with Gasteiger partial charge in [-0.15, -0.1) is 0 Å². The molecule has 2 aromatic carbocycles. The fourth-order valence-corrected chi connectivity index (χ4v) is 5.79. The Labute approximate surface area is 246 Å². The van der Waals surface area contributed by atoms with Gasteiger partial charge in [-0.1, -0.05) is 37.3 Å². The number of fused-ring (bicyclic) bond motifs is 1. The highest BCUT2D eigenvalue weighted by Gasteiger charge is 2.52. The minimum atomic E-state index is -1.94. The fourth-order valence-electron chi connectivity index (χ4n) is 5.79. The lowest BCUT2D eigenvalue weighted by molar-refractivity contribution is -0.140. The first-order valence-electron chi connectivity index (χ1n) is 14.4. The molecule has 4 rings (SSSR count). The smallest absolute Gasteiger partial charge is 0.305 e. The lowest BCUT2D eigenvalue weighted by Gasteiger charge is -2.28. The number of esters is 1. The summed E-state index contributed by atoms with van der Waals surface area (Å²) in [7, 11) is 1.33. The summed E-state index contributed by atoms with van der Waals surface area (Å²) in [6.45, 7) is 2.53. The van der Waals surface area contributed by atoms with Crippen molar-refractivity contribution in [3.63, 3.8) is 0 Å². The summed E-state index contributed by atoms with van der Waals surface area (Å²) < 4.78 is 4.71. The molecule has 0 aliphatic carbocycles. The van der Waals surface area contributed by atoms with Gasteiger partial charge >= 0.3 is 5.97 Å². The van der Waals surface area contributed by atoms with Crippen molar-refractivity contribution in [2.75, 3.05) is 36.6 Å². The number of carbonyl (C=O) groups excluding carboxylic acids is 4. The Morgan fingerprint density at radius 1 is 1.17 bits per heavy atom. The van der Waals surface area contributed by atoms with Crippen LogP contribution in [0.25, 0.3) is 0 Å². The summed E-state index contributed by atoms with van der Waals surface area (Å²) in [6.07, 6.45) is 6.98. The number of benzene rings is 2. The van der Waals surface area contributed by atoms with Gasteiger partial charge < -0.3 is 24.7 Å². The number of aliphatic hydroxyl groups is 2. The molecule has 42 heavy (non-hydrogen) atoms. The number of methoxy groups -OCH3 is 1. The van der Waals surface area contributed by atoms with Crippen LogP contribution < -0.4 is 9.80 Å². The number of hydrogen-bond acceptors (Lipinski definition) is 7. The largest absolute Gasteiger partial charge is 0.469 e. The number of ether oxygens (including phenoxy) is 1. The van der Waals surface area contributed by atoms with Gasteiger partial charge in [0, 0.05) is 48.8 Å². The van der Waals surface area contributed by atoms with Crippen LogP contribution in [0.5, 0.6) is 0 Å². The van der Waals surface area contributed by atoms with E-state index >= 15 is 0 Å². The number of carbonyl (C=O) groups is 4. The van der Waals surface area contributed by atoms with Crippen LogP contribution in [-0.4, -0.2) is 72.2 Å². The van der Waals surface area contributed by atoms with E-state index in [0.29, 0.717) is 48.4 Å². The van der Waals surface area contributed by atoms with Gasteiger partial charge in [0.15, 0.2) is 5.60 Å². The standard InChI is InChI=1S/C32H39N3O7/c1-23(10-8-14-29(38)33-19-9-13-26(33)21-36)32(41)27-20-25(35(22-37)24-11-4-3-5-12-24)16-17-28(27)34(31(32)40)18-7-6-15-30(39)42-2/h3-5,8,10-12,16-17,20,22-23,26,36,41H,6-7,9,13-15,18-19,21H2,1-2H3/b10-8+/t23-,26+,32+/m1/s1. The van der Waals surface area contributed by atoms with Crippen molar-refractivity contribution in [3.05, 3.63) is 66.2 Å². The van der Waals surface area contributed by atoms with Crippen LogP contribution in [-0.2, 0) is 29.5 Å². The summed E-state index contributed by atoms with van der Waals surface area (Å²) >= 11 is 0. The fraction of sp³-hybridized carbons (Fsp3) is 0.438. The van der Waals surface area contributed by atoms with Gasteiger partial charge in [-0.05, 0) is 56.0 Å². The molecule has 1 saturated heterocycles. The van der Waals surface area contributed by atoms with E-state index in [-0.39, 0.29) is 43.9 Å². The first-order valence-corrected chi connectivity index (χ1v) is 14.4. The van der Waals surface area contributed by atoms with Gasteiger partial charge in [-0.2, -0.15) is 0 Å². The average molecular weight is 578 g/mol. The molecular weight excluding hydrogens is 538 g/mol. The second kappa shape index (κ2) is 13.8. The molecule has 2 aliphatic rings. The first kappa shape index (κ1) is 30.9. The van der Waals surface area contributed by atoms with Crippen LogP contribution in [0.2, 0.25) is 0 Å². The highest BCUT2D eigenvalue weighted by atomic mass is 16.5. The number of hydrogen-bond donors (Lipinski definition) is 2. The van der Waals surface area contributed by atoms with Crippen molar-refractivity contribution in [3.8, 4) is 0 Å². The van der Waals surface area contributed by atoms with Crippen molar-refractivity contribution in [2.45, 2.75) is 57.1 Å².